The van der Waals surface area contributed by atoms with E-state index in [1.54, 1.807) is 0 Å². The SMILES string of the molecule is CCc1cc(Br)cc(C)c1NC(=O)COc1ccc(S(=O)(=O)NCCOC)cc1Cl. The number of hydrogen-bond donors (Lipinski definition) is 2. The minimum Gasteiger partial charge on any atom is -0.482 e. The topological polar surface area (TPSA) is 93.7 Å². The molecule has 0 heterocycles. The molecule has 0 aliphatic rings. The number of carbonyl (C=O) groups excluding carboxylic acids is 1. The Morgan fingerprint density at radius 2 is 1.97 bits per heavy atom. The number of halogens is 2. The number of carbonyl (C=O) groups is 1. The Hall–Kier alpha value is -1.65. The van der Waals surface area contributed by atoms with Crippen molar-refractivity contribution in [1.82, 2.24) is 4.72 Å². The summed E-state index contributed by atoms with van der Waals surface area (Å²) in [5, 5.41) is 2.95. The summed E-state index contributed by atoms with van der Waals surface area (Å²) < 4.78 is 38.1. The highest BCUT2D eigenvalue weighted by Crippen LogP contribution is 2.28. The minimum absolute atomic E-state index is 0.00141. The number of aryl methyl sites for hydroxylation is 2. The van der Waals surface area contributed by atoms with Crippen LogP contribution in [0.15, 0.2) is 39.7 Å². The molecule has 2 aromatic carbocycles. The van der Waals surface area contributed by atoms with Gasteiger partial charge in [-0.15, -0.1) is 0 Å². The number of hydrogen-bond acceptors (Lipinski definition) is 5. The molecule has 164 valence electrons. The monoisotopic (exact) mass is 518 g/mol. The fourth-order valence-electron chi connectivity index (χ4n) is 2.72. The maximum absolute atomic E-state index is 12.4. The highest BCUT2D eigenvalue weighted by molar-refractivity contribution is 9.10. The molecule has 0 saturated carbocycles. The van der Waals surface area contributed by atoms with Crippen LogP contribution in [0.1, 0.15) is 18.1 Å². The largest absolute Gasteiger partial charge is 0.482 e. The van der Waals surface area contributed by atoms with E-state index in [2.05, 4.69) is 26.0 Å². The quantitative estimate of drug-likeness (QED) is 0.464. The van der Waals surface area contributed by atoms with Crippen molar-refractivity contribution >= 4 is 49.1 Å². The van der Waals surface area contributed by atoms with E-state index in [9.17, 15) is 13.2 Å². The van der Waals surface area contributed by atoms with Crippen LogP contribution in [0.2, 0.25) is 5.02 Å². The Bertz CT molecular complexity index is 1010. The molecule has 0 atom stereocenters. The average Bonchev–Trinajstić information content (AvgIpc) is 2.68. The molecular weight excluding hydrogens is 496 g/mol. The molecule has 2 aromatic rings. The van der Waals surface area contributed by atoms with E-state index >= 15 is 0 Å². The predicted octanol–water partition coefficient (Wildman–Crippen LogP) is 3.92. The molecule has 0 fully saturated rings. The number of methoxy groups -OCH3 is 1. The molecule has 10 heteroatoms. The van der Waals surface area contributed by atoms with E-state index in [1.807, 2.05) is 26.0 Å². The lowest BCUT2D eigenvalue weighted by molar-refractivity contribution is -0.118. The summed E-state index contributed by atoms with van der Waals surface area (Å²) in [6.07, 6.45) is 0.761. The molecule has 0 unspecified atom stereocenters. The lowest BCUT2D eigenvalue weighted by atomic mass is 10.1. The molecule has 0 bridgehead atoms. The van der Waals surface area contributed by atoms with E-state index in [1.165, 1.54) is 25.3 Å². The first-order valence-corrected chi connectivity index (χ1v) is 11.8. The fourth-order valence-corrected chi connectivity index (χ4v) is 4.67. The molecule has 0 aliphatic carbocycles. The number of benzene rings is 2. The summed E-state index contributed by atoms with van der Waals surface area (Å²) in [6, 6.07) is 7.94. The van der Waals surface area contributed by atoms with E-state index in [-0.39, 0.29) is 41.3 Å². The lowest BCUT2D eigenvalue weighted by Gasteiger charge is -2.15. The summed E-state index contributed by atoms with van der Waals surface area (Å²) in [5.41, 5.74) is 2.69. The van der Waals surface area contributed by atoms with Crippen molar-refractivity contribution in [2.45, 2.75) is 25.2 Å². The Morgan fingerprint density at radius 3 is 2.60 bits per heavy atom. The van der Waals surface area contributed by atoms with Crippen molar-refractivity contribution in [3.63, 3.8) is 0 Å². The molecule has 2 rings (SSSR count). The molecule has 7 nitrogen and oxygen atoms in total. The van der Waals surface area contributed by atoms with Crippen LogP contribution in [-0.4, -0.2) is 41.2 Å². The fraction of sp³-hybridized carbons (Fsp3) is 0.350. The smallest absolute Gasteiger partial charge is 0.262 e. The summed E-state index contributed by atoms with van der Waals surface area (Å²) in [6.45, 7) is 4.05. The van der Waals surface area contributed by atoms with Gasteiger partial charge in [-0.05, 0) is 54.8 Å². The molecule has 0 aliphatic heterocycles. The minimum atomic E-state index is -3.71. The van der Waals surface area contributed by atoms with Gasteiger partial charge in [-0.25, -0.2) is 13.1 Å². The van der Waals surface area contributed by atoms with Crippen LogP contribution in [-0.2, 0) is 26.0 Å². The number of rotatable bonds is 10. The Morgan fingerprint density at radius 1 is 1.23 bits per heavy atom. The van der Waals surface area contributed by atoms with Crippen molar-refractivity contribution in [3.8, 4) is 5.75 Å². The van der Waals surface area contributed by atoms with Gasteiger partial charge in [-0.1, -0.05) is 34.5 Å². The molecule has 1 amide bonds. The number of nitrogens with one attached hydrogen (secondary N) is 2. The van der Waals surface area contributed by atoms with Gasteiger partial charge in [0.1, 0.15) is 5.75 Å². The highest BCUT2D eigenvalue weighted by Gasteiger charge is 2.17. The van der Waals surface area contributed by atoms with Gasteiger partial charge >= 0.3 is 0 Å². The summed E-state index contributed by atoms with van der Waals surface area (Å²) in [5.74, 6) is -0.130. The number of amides is 1. The van der Waals surface area contributed by atoms with Crippen LogP contribution in [0, 0.1) is 6.92 Å². The zero-order valence-corrected chi connectivity index (χ0v) is 20.1. The van der Waals surface area contributed by atoms with Gasteiger partial charge in [-0.3, -0.25) is 4.79 Å². The molecule has 0 aromatic heterocycles. The Kier molecular flexibility index (Phi) is 9.11. The van der Waals surface area contributed by atoms with Gasteiger partial charge in [0, 0.05) is 23.8 Å². The second kappa shape index (κ2) is 11.1. The van der Waals surface area contributed by atoms with Crippen LogP contribution < -0.4 is 14.8 Å². The second-order valence-corrected chi connectivity index (χ2v) is 9.52. The zero-order valence-electron chi connectivity index (χ0n) is 16.9. The first kappa shape index (κ1) is 24.6. The number of anilines is 1. The standard InChI is InChI=1S/C20H24BrClN2O5S/c1-4-14-10-15(21)9-13(2)20(14)24-19(25)12-29-18-6-5-16(11-17(18)22)30(26,27)23-7-8-28-3/h5-6,9-11,23H,4,7-8,12H2,1-3H3,(H,24,25). The van der Waals surface area contributed by atoms with E-state index in [0.717, 1.165) is 27.7 Å². The Balaban J connectivity index is 2.04. The van der Waals surface area contributed by atoms with Gasteiger partial charge in [0.05, 0.1) is 16.5 Å². The first-order valence-electron chi connectivity index (χ1n) is 9.17. The molecule has 2 N–H and O–H groups in total. The van der Waals surface area contributed by atoms with Gasteiger partial charge in [0.2, 0.25) is 10.0 Å². The van der Waals surface area contributed by atoms with Crippen molar-refractivity contribution in [2.75, 3.05) is 32.2 Å². The maximum atomic E-state index is 12.4. The van der Waals surface area contributed by atoms with Crippen molar-refractivity contribution in [3.05, 3.63) is 51.0 Å². The van der Waals surface area contributed by atoms with Crippen LogP contribution in [0.3, 0.4) is 0 Å². The van der Waals surface area contributed by atoms with Crippen LogP contribution >= 0.6 is 27.5 Å². The molecule has 30 heavy (non-hydrogen) atoms. The van der Waals surface area contributed by atoms with E-state index in [4.69, 9.17) is 21.1 Å². The molecule has 0 saturated heterocycles. The highest BCUT2D eigenvalue weighted by atomic mass is 79.9. The predicted molar refractivity (Wildman–Crippen MR) is 121 cm³/mol. The van der Waals surface area contributed by atoms with Crippen molar-refractivity contribution < 1.29 is 22.7 Å². The number of ether oxygens (including phenoxy) is 2. The van der Waals surface area contributed by atoms with Crippen LogP contribution in [0.25, 0.3) is 0 Å². The lowest BCUT2D eigenvalue weighted by Crippen LogP contribution is -2.27. The van der Waals surface area contributed by atoms with E-state index in [0.29, 0.717) is 0 Å². The zero-order chi connectivity index (χ0) is 22.3. The van der Waals surface area contributed by atoms with Crippen LogP contribution in [0.4, 0.5) is 5.69 Å². The normalized spacial score (nSPS) is 11.4. The van der Waals surface area contributed by atoms with Gasteiger partial charge < -0.3 is 14.8 Å². The second-order valence-electron chi connectivity index (χ2n) is 6.43. The van der Waals surface area contributed by atoms with Gasteiger partial charge in [0.25, 0.3) is 5.91 Å². The van der Waals surface area contributed by atoms with Gasteiger partial charge in [-0.2, -0.15) is 0 Å². The average molecular weight is 520 g/mol. The third kappa shape index (κ3) is 6.68. The Labute approximate surface area is 190 Å². The molecule has 0 radical (unpaired) electrons. The summed E-state index contributed by atoms with van der Waals surface area (Å²) in [4.78, 5) is 12.4. The first-order chi connectivity index (χ1) is 14.2. The molecule has 0 spiro atoms. The third-order valence-corrected chi connectivity index (χ3v) is 6.41. The third-order valence-electron chi connectivity index (χ3n) is 4.20. The van der Waals surface area contributed by atoms with Crippen LogP contribution in [0.5, 0.6) is 5.75 Å². The maximum Gasteiger partial charge on any atom is 0.262 e. The van der Waals surface area contributed by atoms with Gasteiger partial charge in [0.15, 0.2) is 6.61 Å². The summed E-state index contributed by atoms with van der Waals surface area (Å²) >= 11 is 9.61. The van der Waals surface area contributed by atoms with Crippen molar-refractivity contribution in [1.29, 1.82) is 0 Å². The molecular formula is C20H24BrClN2O5S. The number of sulfonamides is 1. The summed E-state index contributed by atoms with van der Waals surface area (Å²) in [7, 11) is -2.23. The van der Waals surface area contributed by atoms with Crippen molar-refractivity contribution in [2.24, 2.45) is 0 Å². The van der Waals surface area contributed by atoms with E-state index < -0.39 is 10.0 Å².